The largest absolute Gasteiger partial charge is 0.380 e. The highest BCUT2D eigenvalue weighted by atomic mass is 16.3. The van der Waals surface area contributed by atoms with E-state index in [1.165, 1.54) is 0 Å². The van der Waals surface area contributed by atoms with E-state index in [0.717, 1.165) is 35.1 Å². The van der Waals surface area contributed by atoms with Crippen molar-refractivity contribution in [3.8, 4) is 11.1 Å². The summed E-state index contributed by atoms with van der Waals surface area (Å²) >= 11 is 0. The lowest BCUT2D eigenvalue weighted by Gasteiger charge is -2.36. The molecule has 172 valence electrons. The number of aryl methyl sites for hydroxylation is 1. The SMILES string of the molecule is Cc1cc(-c2cccc(CC(=O)C3CC3)c2)ccc1C(=O)N1CCN(C(=O)C2(O)CC2)CC1. The molecule has 1 N–H and O–H groups in total. The van der Waals surface area contributed by atoms with E-state index in [4.69, 9.17) is 0 Å². The molecule has 3 aliphatic rings. The van der Waals surface area contributed by atoms with Crippen LogP contribution in [-0.2, 0) is 16.0 Å². The number of hydrogen-bond acceptors (Lipinski definition) is 4. The number of aliphatic hydroxyl groups is 1. The first-order valence-electron chi connectivity index (χ1n) is 11.9. The van der Waals surface area contributed by atoms with Gasteiger partial charge in [0.15, 0.2) is 0 Å². The van der Waals surface area contributed by atoms with Crippen LogP contribution in [0.4, 0.5) is 0 Å². The fraction of sp³-hybridized carbons (Fsp3) is 0.444. The van der Waals surface area contributed by atoms with Crippen molar-refractivity contribution in [3.63, 3.8) is 0 Å². The predicted octanol–water partition coefficient (Wildman–Crippen LogP) is 2.99. The van der Waals surface area contributed by atoms with Crippen LogP contribution in [0.1, 0.15) is 47.2 Å². The molecular formula is C27H30N2O4. The number of nitrogens with zero attached hydrogens (tertiary/aromatic N) is 2. The van der Waals surface area contributed by atoms with Gasteiger partial charge in [-0.1, -0.05) is 36.4 Å². The Morgan fingerprint density at radius 1 is 0.939 bits per heavy atom. The second kappa shape index (κ2) is 8.41. The van der Waals surface area contributed by atoms with Crippen molar-refractivity contribution in [1.29, 1.82) is 0 Å². The van der Waals surface area contributed by atoms with Gasteiger partial charge in [0.1, 0.15) is 11.4 Å². The molecule has 3 fully saturated rings. The smallest absolute Gasteiger partial charge is 0.254 e. The second-order valence-corrected chi connectivity index (χ2v) is 9.76. The number of rotatable bonds is 6. The number of carbonyl (C=O) groups excluding carboxylic acids is 3. The van der Waals surface area contributed by atoms with Crippen LogP contribution in [0.25, 0.3) is 11.1 Å². The lowest BCUT2D eigenvalue weighted by molar-refractivity contribution is -0.143. The quantitative estimate of drug-likeness (QED) is 0.740. The maximum Gasteiger partial charge on any atom is 0.254 e. The molecule has 0 spiro atoms. The summed E-state index contributed by atoms with van der Waals surface area (Å²) in [6, 6.07) is 14.0. The van der Waals surface area contributed by atoms with E-state index in [1.54, 1.807) is 9.80 Å². The fourth-order valence-corrected chi connectivity index (χ4v) is 4.60. The van der Waals surface area contributed by atoms with E-state index < -0.39 is 5.60 Å². The monoisotopic (exact) mass is 446 g/mol. The molecular weight excluding hydrogens is 416 g/mol. The van der Waals surface area contributed by atoms with E-state index >= 15 is 0 Å². The molecule has 6 nitrogen and oxygen atoms in total. The molecule has 33 heavy (non-hydrogen) atoms. The second-order valence-electron chi connectivity index (χ2n) is 9.76. The first-order valence-corrected chi connectivity index (χ1v) is 11.9. The first kappa shape index (κ1) is 21.8. The normalized spacial score (nSPS) is 19.3. The van der Waals surface area contributed by atoms with E-state index in [2.05, 4.69) is 6.07 Å². The minimum atomic E-state index is -1.15. The van der Waals surface area contributed by atoms with Gasteiger partial charge < -0.3 is 14.9 Å². The molecule has 6 heteroatoms. The van der Waals surface area contributed by atoms with Crippen LogP contribution in [0.3, 0.4) is 0 Å². The van der Waals surface area contributed by atoms with Crippen molar-refractivity contribution >= 4 is 17.6 Å². The molecule has 1 saturated heterocycles. The number of amides is 2. The molecule has 1 heterocycles. The molecule has 2 saturated carbocycles. The Morgan fingerprint density at radius 3 is 2.24 bits per heavy atom. The lowest BCUT2D eigenvalue weighted by Crippen LogP contribution is -2.53. The van der Waals surface area contributed by atoms with E-state index in [-0.39, 0.29) is 17.7 Å². The summed E-state index contributed by atoms with van der Waals surface area (Å²) in [6.45, 7) is 3.80. The number of ketones is 1. The summed E-state index contributed by atoms with van der Waals surface area (Å²) in [5.74, 6) is 0.369. The van der Waals surface area contributed by atoms with Crippen LogP contribution in [0.2, 0.25) is 0 Å². The lowest BCUT2D eigenvalue weighted by atomic mass is 9.96. The Hall–Kier alpha value is -2.99. The summed E-state index contributed by atoms with van der Waals surface area (Å²) in [7, 11) is 0. The van der Waals surface area contributed by atoms with Gasteiger partial charge in [-0.25, -0.2) is 0 Å². The Bertz CT molecular complexity index is 1110. The van der Waals surface area contributed by atoms with Gasteiger partial charge in [0.2, 0.25) is 0 Å². The van der Waals surface area contributed by atoms with Crippen molar-refractivity contribution < 1.29 is 19.5 Å². The summed E-state index contributed by atoms with van der Waals surface area (Å²) in [5, 5.41) is 10.1. The van der Waals surface area contributed by atoms with Gasteiger partial charge in [0.25, 0.3) is 11.8 Å². The molecule has 1 aliphatic heterocycles. The zero-order valence-corrected chi connectivity index (χ0v) is 19.0. The zero-order valence-electron chi connectivity index (χ0n) is 19.0. The van der Waals surface area contributed by atoms with Crippen molar-refractivity contribution in [2.24, 2.45) is 5.92 Å². The highest BCUT2D eigenvalue weighted by molar-refractivity contribution is 5.96. The summed E-state index contributed by atoms with van der Waals surface area (Å²) in [6.07, 6.45) is 3.62. The van der Waals surface area contributed by atoms with Gasteiger partial charge in [-0.15, -0.1) is 0 Å². The Morgan fingerprint density at radius 2 is 1.61 bits per heavy atom. The molecule has 0 radical (unpaired) electrons. The maximum absolute atomic E-state index is 13.1. The third kappa shape index (κ3) is 4.58. The van der Waals surface area contributed by atoms with Crippen LogP contribution in [0, 0.1) is 12.8 Å². The molecule has 5 rings (SSSR count). The number of benzene rings is 2. The van der Waals surface area contributed by atoms with Gasteiger partial charge in [-0.05, 0) is 60.9 Å². The topological polar surface area (TPSA) is 77.9 Å². The molecule has 2 aromatic carbocycles. The fourth-order valence-electron chi connectivity index (χ4n) is 4.60. The van der Waals surface area contributed by atoms with Crippen molar-refractivity contribution in [2.45, 2.75) is 44.6 Å². The van der Waals surface area contributed by atoms with Gasteiger partial charge >= 0.3 is 0 Å². The standard InChI is InChI=1S/C27H30N2O4/c1-18-15-22(21-4-2-3-19(16-21)17-24(30)20-5-6-20)7-8-23(18)25(31)28-11-13-29(14-12-28)26(32)27(33)9-10-27/h2-4,7-8,15-16,20,33H,5-6,9-14,17H2,1H3. The average molecular weight is 447 g/mol. The minimum Gasteiger partial charge on any atom is -0.380 e. The molecule has 0 unspecified atom stereocenters. The van der Waals surface area contributed by atoms with Crippen LogP contribution in [0.5, 0.6) is 0 Å². The van der Waals surface area contributed by atoms with Crippen molar-refractivity contribution in [1.82, 2.24) is 9.80 Å². The highest BCUT2D eigenvalue weighted by Gasteiger charge is 2.50. The van der Waals surface area contributed by atoms with Crippen LogP contribution in [-0.4, -0.2) is 64.3 Å². The summed E-state index contributed by atoms with van der Waals surface area (Å²) < 4.78 is 0. The predicted molar refractivity (Wildman–Crippen MR) is 125 cm³/mol. The van der Waals surface area contributed by atoms with E-state index in [9.17, 15) is 19.5 Å². The Kier molecular flexibility index (Phi) is 5.57. The third-order valence-corrected chi connectivity index (χ3v) is 7.10. The molecule has 0 atom stereocenters. The number of Topliss-reactive ketones (excluding diaryl/α,β-unsaturated/α-hetero) is 1. The maximum atomic E-state index is 13.1. The van der Waals surface area contributed by atoms with Gasteiger partial charge in [0.05, 0.1) is 0 Å². The van der Waals surface area contributed by atoms with Gasteiger partial charge in [0, 0.05) is 44.1 Å². The van der Waals surface area contributed by atoms with Gasteiger partial charge in [-0.3, -0.25) is 14.4 Å². The molecule has 2 aromatic rings. The summed E-state index contributed by atoms with van der Waals surface area (Å²) in [4.78, 5) is 41.1. The van der Waals surface area contributed by atoms with Crippen molar-refractivity contribution in [3.05, 3.63) is 59.2 Å². The van der Waals surface area contributed by atoms with Crippen LogP contribution >= 0.6 is 0 Å². The molecule has 2 amide bonds. The Labute approximate surface area is 194 Å². The molecule has 0 aromatic heterocycles. The molecule has 0 bridgehead atoms. The first-order chi connectivity index (χ1) is 15.8. The number of hydrogen-bond donors (Lipinski definition) is 1. The van der Waals surface area contributed by atoms with Crippen LogP contribution < -0.4 is 0 Å². The van der Waals surface area contributed by atoms with E-state index in [1.807, 2.05) is 43.3 Å². The van der Waals surface area contributed by atoms with Crippen molar-refractivity contribution in [2.75, 3.05) is 26.2 Å². The van der Waals surface area contributed by atoms with Crippen LogP contribution in [0.15, 0.2) is 42.5 Å². The molecule has 2 aliphatic carbocycles. The summed E-state index contributed by atoms with van der Waals surface area (Å²) in [5.41, 5.74) is 3.52. The number of carbonyl (C=O) groups is 3. The average Bonchev–Trinajstić information content (AvgIpc) is 3.75. The Balaban J connectivity index is 1.25. The zero-order chi connectivity index (χ0) is 23.2. The minimum absolute atomic E-state index is 0.0277. The number of piperazine rings is 1. The van der Waals surface area contributed by atoms with E-state index in [0.29, 0.717) is 56.8 Å². The van der Waals surface area contributed by atoms with Gasteiger partial charge in [-0.2, -0.15) is 0 Å². The third-order valence-electron chi connectivity index (χ3n) is 7.10. The highest BCUT2D eigenvalue weighted by Crippen LogP contribution is 2.37.